The predicted molar refractivity (Wildman–Crippen MR) is 77.8 cm³/mol. The molecule has 0 aliphatic rings. The second-order valence-electron chi connectivity index (χ2n) is 4.23. The SMILES string of the molecule is COC(=O)[C@H](O)P(=O)(c1ccccc1)c1ccccc1. The van der Waals surface area contributed by atoms with Crippen LogP contribution in [0.4, 0.5) is 0 Å². The van der Waals surface area contributed by atoms with Gasteiger partial charge in [0.1, 0.15) is 0 Å². The number of carbonyl (C=O) groups excluding carboxylic acids is 1. The van der Waals surface area contributed by atoms with Gasteiger partial charge in [-0.15, -0.1) is 0 Å². The average Bonchev–Trinajstić information content (AvgIpc) is 2.54. The lowest BCUT2D eigenvalue weighted by Gasteiger charge is -2.22. The Labute approximate surface area is 117 Å². The van der Waals surface area contributed by atoms with Crippen molar-refractivity contribution in [1.29, 1.82) is 0 Å². The molecular weight excluding hydrogens is 275 g/mol. The maximum Gasteiger partial charge on any atom is 0.343 e. The molecule has 0 aromatic heterocycles. The normalized spacial score (nSPS) is 12.7. The first kappa shape index (κ1) is 14.5. The smallest absolute Gasteiger partial charge is 0.343 e. The van der Waals surface area contributed by atoms with Gasteiger partial charge in [-0.2, -0.15) is 0 Å². The number of methoxy groups -OCH3 is 1. The third kappa shape index (κ3) is 2.53. The Hall–Kier alpha value is -1.90. The van der Waals surface area contributed by atoms with Crippen molar-refractivity contribution in [2.45, 2.75) is 5.85 Å². The minimum Gasteiger partial charge on any atom is -0.467 e. The molecule has 104 valence electrons. The second kappa shape index (κ2) is 6.04. The number of esters is 1. The summed E-state index contributed by atoms with van der Waals surface area (Å²) in [5, 5.41) is 11.0. The molecule has 0 fully saturated rings. The zero-order chi connectivity index (χ0) is 14.6. The van der Waals surface area contributed by atoms with Gasteiger partial charge in [0.05, 0.1) is 7.11 Å². The summed E-state index contributed by atoms with van der Waals surface area (Å²) in [6.07, 6.45) is 0. The first-order valence-corrected chi connectivity index (χ1v) is 7.85. The fourth-order valence-electron chi connectivity index (χ4n) is 1.98. The van der Waals surface area contributed by atoms with Crippen LogP contribution in [0.1, 0.15) is 0 Å². The third-order valence-electron chi connectivity index (χ3n) is 3.04. The van der Waals surface area contributed by atoms with Crippen molar-refractivity contribution in [1.82, 2.24) is 0 Å². The molecule has 2 rings (SSSR count). The van der Waals surface area contributed by atoms with Crippen LogP contribution in [-0.2, 0) is 14.1 Å². The van der Waals surface area contributed by atoms with Gasteiger partial charge in [0, 0.05) is 10.6 Å². The van der Waals surface area contributed by atoms with E-state index >= 15 is 0 Å². The Balaban J connectivity index is 2.61. The zero-order valence-corrected chi connectivity index (χ0v) is 11.9. The van der Waals surface area contributed by atoms with Crippen molar-refractivity contribution in [3.63, 3.8) is 0 Å². The highest BCUT2D eigenvalue weighted by Gasteiger charge is 2.40. The van der Waals surface area contributed by atoms with Crippen molar-refractivity contribution in [2.24, 2.45) is 0 Å². The maximum absolute atomic E-state index is 13.4. The predicted octanol–water partition coefficient (Wildman–Crippen LogP) is 1.49. The van der Waals surface area contributed by atoms with Crippen molar-refractivity contribution in [3.8, 4) is 0 Å². The average molecular weight is 290 g/mol. The largest absolute Gasteiger partial charge is 0.467 e. The molecule has 0 aliphatic heterocycles. The number of hydrogen-bond donors (Lipinski definition) is 1. The number of rotatable bonds is 4. The molecule has 2 aromatic carbocycles. The molecule has 2 aromatic rings. The number of aliphatic hydroxyl groups excluding tert-OH is 1. The summed E-state index contributed by atoms with van der Waals surface area (Å²) in [4.78, 5) is 11.7. The van der Waals surface area contributed by atoms with Crippen LogP contribution in [0.15, 0.2) is 60.7 Å². The first-order valence-electron chi connectivity index (χ1n) is 6.07. The van der Waals surface area contributed by atoms with Crippen LogP contribution in [0.2, 0.25) is 0 Å². The molecule has 0 spiro atoms. The highest BCUT2D eigenvalue weighted by molar-refractivity contribution is 7.79. The van der Waals surface area contributed by atoms with E-state index < -0.39 is 19.0 Å². The molecule has 5 heteroatoms. The monoisotopic (exact) mass is 290 g/mol. The van der Waals surface area contributed by atoms with Crippen LogP contribution in [0.5, 0.6) is 0 Å². The molecule has 1 atom stereocenters. The second-order valence-corrected chi connectivity index (χ2v) is 7.06. The molecule has 0 saturated heterocycles. The summed E-state index contributed by atoms with van der Waals surface area (Å²) in [5.41, 5.74) is 0. The summed E-state index contributed by atoms with van der Waals surface area (Å²) in [5.74, 6) is -2.61. The fourth-order valence-corrected chi connectivity index (χ4v) is 4.48. The number of ether oxygens (including phenoxy) is 1. The highest BCUT2D eigenvalue weighted by atomic mass is 31.2. The Bertz CT molecular complexity index is 581. The molecule has 0 heterocycles. The summed E-state index contributed by atoms with van der Waals surface area (Å²) < 4.78 is 17.9. The van der Waals surface area contributed by atoms with E-state index in [-0.39, 0.29) is 0 Å². The van der Waals surface area contributed by atoms with Gasteiger partial charge < -0.3 is 14.4 Å². The Kier molecular flexibility index (Phi) is 4.38. The van der Waals surface area contributed by atoms with Gasteiger partial charge in [0.25, 0.3) is 0 Å². The van der Waals surface area contributed by atoms with Crippen molar-refractivity contribution in [3.05, 3.63) is 60.7 Å². The summed E-state index contributed by atoms with van der Waals surface area (Å²) in [6.45, 7) is 0. The fraction of sp³-hybridized carbons (Fsp3) is 0.133. The van der Waals surface area contributed by atoms with E-state index in [1.54, 1.807) is 60.7 Å². The highest BCUT2D eigenvalue weighted by Crippen LogP contribution is 2.47. The van der Waals surface area contributed by atoms with Crippen LogP contribution < -0.4 is 10.6 Å². The maximum atomic E-state index is 13.4. The van der Waals surface area contributed by atoms with Crippen LogP contribution in [-0.4, -0.2) is 24.0 Å². The molecule has 0 saturated carbocycles. The molecule has 0 unspecified atom stereocenters. The van der Waals surface area contributed by atoms with E-state index in [4.69, 9.17) is 0 Å². The van der Waals surface area contributed by atoms with Gasteiger partial charge in [-0.05, 0) is 0 Å². The van der Waals surface area contributed by atoms with Crippen LogP contribution in [0.3, 0.4) is 0 Å². The van der Waals surface area contributed by atoms with Crippen LogP contribution in [0, 0.1) is 0 Å². The quantitative estimate of drug-likeness (QED) is 0.684. The molecular formula is C15H15O4P. The van der Waals surface area contributed by atoms with Crippen LogP contribution >= 0.6 is 7.14 Å². The van der Waals surface area contributed by atoms with Crippen LogP contribution in [0.25, 0.3) is 0 Å². The molecule has 20 heavy (non-hydrogen) atoms. The van der Waals surface area contributed by atoms with Gasteiger partial charge >= 0.3 is 5.97 Å². The number of hydrogen-bond acceptors (Lipinski definition) is 4. The zero-order valence-electron chi connectivity index (χ0n) is 11.0. The topological polar surface area (TPSA) is 63.6 Å². The lowest BCUT2D eigenvalue weighted by atomic mass is 10.4. The summed E-state index contributed by atoms with van der Waals surface area (Å²) in [6, 6.07) is 17.0. The molecule has 0 bridgehead atoms. The molecule has 1 N–H and O–H groups in total. The van der Waals surface area contributed by atoms with E-state index in [2.05, 4.69) is 4.74 Å². The van der Waals surface area contributed by atoms with E-state index in [9.17, 15) is 14.5 Å². The number of carbonyl (C=O) groups is 1. The standard InChI is InChI=1S/C15H15O4P/c1-19-14(16)15(17)20(18,12-8-4-2-5-9-12)13-10-6-3-7-11-13/h2-11,15,17H,1H3/t15-/m1/s1. The summed E-state index contributed by atoms with van der Waals surface area (Å²) >= 11 is 0. The first-order chi connectivity index (χ1) is 9.60. The molecule has 0 radical (unpaired) electrons. The molecule has 0 aliphatic carbocycles. The Morgan fingerprint density at radius 3 is 1.75 bits per heavy atom. The van der Waals surface area contributed by atoms with Gasteiger partial charge in [0.15, 0.2) is 7.14 Å². The Morgan fingerprint density at radius 1 is 1.00 bits per heavy atom. The van der Waals surface area contributed by atoms with Crippen molar-refractivity contribution >= 4 is 23.7 Å². The van der Waals surface area contributed by atoms with E-state index in [0.717, 1.165) is 7.11 Å². The van der Waals surface area contributed by atoms with E-state index in [0.29, 0.717) is 10.6 Å². The van der Waals surface area contributed by atoms with E-state index in [1.807, 2.05) is 0 Å². The third-order valence-corrected chi connectivity index (χ3v) is 6.07. The minimum absolute atomic E-state index is 0.420. The molecule has 4 nitrogen and oxygen atoms in total. The Morgan fingerprint density at radius 2 is 1.40 bits per heavy atom. The number of aliphatic hydroxyl groups is 1. The van der Waals surface area contributed by atoms with Gasteiger partial charge in [-0.3, -0.25) is 0 Å². The van der Waals surface area contributed by atoms with Gasteiger partial charge in [-0.25, -0.2) is 4.79 Å². The van der Waals surface area contributed by atoms with Gasteiger partial charge in [0.2, 0.25) is 5.85 Å². The minimum atomic E-state index is -3.51. The summed E-state index contributed by atoms with van der Waals surface area (Å²) in [7, 11) is -2.35. The van der Waals surface area contributed by atoms with Crippen molar-refractivity contribution < 1.29 is 19.2 Å². The lowest BCUT2D eigenvalue weighted by Crippen LogP contribution is -2.32. The number of benzene rings is 2. The van der Waals surface area contributed by atoms with Gasteiger partial charge in [-0.1, -0.05) is 60.7 Å². The van der Waals surface area contributed by atoms with Crippen molar-refractivity contribution in [2.75, 3.05) is 7.11 Å². The van der Waals surface area contributed by atoms with E-state index in [1.165, 1.54) is 0 Å². The lowest BCUT2D eigenvalue weighted by molar-refractivity contribution is -0.146. The molecule has 0 amide bonds.